The summed E-state index contributed by atoms with van der Waals surface area (Å²) < 4.78 is 52.4. The van der Waals surface area contributed by atoms with Crippen LogP contribution in [0.2, 0.25) is 5.02 Å². The molecule has 0 fully saturated rings. The van der Waals surface area contributed by atoms with Crippen molar-refractivity contribution in [2.45, 2.75) is 6.54 Å². The fourth-order valence-corrected chi connectivity index (χ4v) is 1.68. The molecule has 0 spiro atoms. The van der Waals surface area contributed by atoms with Gasteiger partial charge >= 0.3 is 0 Å². The molecular weight excluding hydrogens is 282 g/mol. The SMILES string of the molecule is Fc1cc(F)c(CNc2ccc(Cl)cc2F)cc1F. The molecule has 1 N–H and O–H groups in total. The highest BCUT2D eigenvalue weighted by atomic mass is 35.5. The van der Waals surface area contributed by atoms with Crippen LogP contribution in [0.1, 0.15) is 5.56 Å². The molecule has 0 aromatic heterocycles. The van der Waals surface area contributed by atoms with Crippen molar-refractivity contribution < 1.29 is 17.6 Å². The molecule has 0 saturated heterocycles. The summed E-state index contributed by atoms with van der Waals surface area (Å²) in [7, 11) is 0. The van der Waals surface area contributed by atoms with E-state index in [-0.39, 0.29) is 22.8 Å². The summed E-state index contributed by atoms with van der Waals surface area (Å²) in [4.78, 5) is 0. The second-order valence-corrected chi connectivity index (χ2v) is 4.27. The third-order valence-corrected chi connectivity index (χ3v) is 2.72. The van der Waals surface area contributed by atoms with Gasteiger partial charge in [-0.1, -0.05) is 11.6 Å². The zero-order valence-electron chi connectivity index (χ0n) is 9.48. The highest BCUT2D eigenvalue weighted by Gasteiger charge is 2.10. The maximum absolute atomic E-state index is 13.4. The first-order valence-corrected chi connectivity index (χ1v) is 5.67. The molecule has 2 rings (SSSR count). The van der Waals surface area contributed by atoms with E-state index < -0.39 is 23.3 Å². The van der Waals surface area contributed by atoms with Gasteiger partial charge in [-0.2, -0.15) is 0 Å². The van der Waals surface area contributed by atoms with E-state index in [2.05, 4.69) is 5.32 Å². The number of hydrogen-bond donors (Lipinski definition) is 1. The summed E-state index contributed by atoms with van der Waals surface area (Å²) in [6, 6.07) is 5.09. The topological polar surface area (TPSA) is 12.0 Å². The Morgan fingerprint density at radius 3 is 2.21 bits per heavy atom. The molecule has 2 aromatic carbocycles. The molecule has 0 aliphatic rings. The smallest absolute Gasteiger partial charge is 0.161 e. The Kier molecular flexibility index (Phi) is 3.95. The summed E-state index contributed by atoms with van der Waals surface area (Å²) in [6.45, 7) is -0.179. The zero-order valence-corrected chi connectivity index (χ0v) is 10.2. The van der Waals surface area contributed by atoms with Crippen LogP contribution in [-0.2, 0) is 6.54 Å². The van der Waals surface area contributed by atoms with Gasteiger partial charge < -0.3 is 5.32 Å². The van der Waals surface area contributed by atoms with Crippen molar-refractivity contribution in [3.05, 3.63) is 64.2 Å². The summed E-state index contributed by atoms with van der Waals surface area (Å²) >= 11 is 5.58. The molecule has 0 radical (unpaired) electrons. The number of rotatable bonds is 3. The minimum atomic E-state index is -1.26. The lowest BCUT2D eigenvalue weighted by atomic mass is 10.2. The molecule has 0 unspecified atom stereocenters. The molecule has 1 nitrogen and oxygen atoms in total. The minimum Gasteiger partial charge on any atom is -0.378 e. The van der Waals surface area contributed by atoms with Gasteiger partial charge in [-0.25, -0.2) is 17.6 Å². The molecular formula is C13H8ClF4N. The third-order valence-electron chi connectivity index (χ3n) is 2.49. The number of nitrogens with one attached hydrogen (secondary N) is 1. The van der Waals surface area contributed by atoms with E-state index in [1.807, 2.05) is 0 Å². The summed E-state index contributed by atoms with van der Waals surface area (Å²) in [6.07, 6.45) is 0. The van der Waals surface area contributed by atoms with Crippen LogP contribution in [0.25, 0.3) is 0 Å². The zero-order chi connectivity index (χ0) is 14.0. The Morgan fingerprint density at radius 2 is 1.53 bits per heavy atom. The van der Waals surface area contributed by atoms with E-state index in [0.29, 0.717) is 6.07 Å². The van der Waals surface area contributed by atoms with Crippen LogP contribution < -0.4 is 5.32 Å². The number of hydrogen-bond acceptors (Lipinski definition) is 1. The van der Waals surface area contributed by atoms with Crippen molar-refractivity contribution in [1.29, 1.82) is 0 Å². The van der Waals surface area contributed by atoms with Gasteiger partial charge in [-0.3, -0.25) is 0 Å². The van der Waals surface area contributed by atoms with E-state index in [1.54, 1.807) is 0 Å². The van der Waals surface area contributed by atoms with E-state index in [1.165, 1.54) is 12.1 Å². The number of benzene rings is 2. The first-order chi connectivity index (χ1) is 8.97. The Morgan fingerprint density at radius 1 is 0.842 bits per heavy atom. The number of anilines is 1. The van der Waals surface area contributed by atoms with E-state index in [9.17, 15) is 17.6 Å². The third kappa shape index (κ3) is 3.17. The lowest BCUT2D eigenvalue weighted by Gasteiger charge is -2.09. The molecule has 0 aliphatic carbocycles. The van der Waals surface area contributed by atoms with Gasteiger partial charge in [-0.05, 0) is 24.3 Å². The molecule has 0 atom stereocenters. The van der Waals surface area contributed by atoms with Crippen LogP contribution in [0.4, 0.5) is 23.2 Å². The maximum atomic E-state index is 13.4. The largest absolute Gasteiger partial charge is 0.378 e. The average Bonchev–Trinajstić information content (AvgIpc) is 2.34. The lowest BCUT2D eigenvalue weighted by Crippen LogP contribution is -2.05. The Balaban J connectivity index is 2.16. The molecule has 100 valence electrons. The molecule has 0 aliphatic heterocycles. The molecule has 19 heavy (non-hydrogen) atoms. The Labute approximate surface area is 111 Å². The molecule has 0 saturated carbocycles. The fourth-order valence-electron chi connectivity index (χ4n) is 1.52. The maximum Gasteiger partial charge on any atom is 0.161 e. The van der Waals surface area contributed by atoms with Crippen LogP contribution in [0, 0.1) is 23.3 Å². The fraction of sp³-hybridized carbons (Fsp3) is 0.0769. The first kappa shape index (κ1) is 13.7. The number of halogens is 5. The van der Waals surface area contributed by atoms with Gasteiger partial charge in [0.05, 0.1) is 5.69 Å². The van der Waals surface area contributed by atoms with E-state index in [4.69, 9.17) is 11.6 Å². The van der Waals surface area contributed by atoms with Crippen LogP contribution >= 0.6 is 11.6 Å². The van der Waals surface area contributed by atoms with Crippen molar-refractivity contribution in [3.63, 3.8) is 0 Å². The van der Waals surface area contributed by atoms with Gasteiger partial charge in [0.15, 0.2) is 11.6 Å². The second kappa shape index (κ2) is 5.48. The first-order valence-electron chi connectivity index (χ1n) is 5.29. The van der Waals surface area contributed by atoms with Gasteiger partial charge in [0.2, 0.25) is 0 Å². The van der Waals surface area contributed by atoms with Crippen LogP contribution in [-0.4, -0.2) is 0 Å². The predicted molar refractivity (Wildman–Crippen MR) is 65.1 cm³/mol. The Bertz CT molecular complexity index is 616. The van der Waals surface area contributed by atoms with E-state index >= 15 is 0 Å². The van der Waals surface area contributed by atoms with Crippen molar-refractivity contribution in [3.8, 4) is 0 Å². The van der Waals surface area contributed by atoms with Crippen molar-refractivity contribution >= 4 is 17.3 Å². The van der Waals surface area contributed by atoms with Crippen LogP contribution in [0.15, 0.2) is 30.3 Å². The molecule has 2 aromatic rings. The van der Waals surface area contributed by atoms with Crippen molar-refractivity contribution in [1.82, 2.24) is 0 Å². The molecule has 6 heteroatoms. The second-order valence-electron chi connectivity index (χ2n) is 3.84. The standard InChI is InChI=1S/C13H8ClF4N/c14-8-1-2-13(12(18)4-8)19-6-7-3-10(16)11(17)5-9(7)15/h1-5,19H,6H2. The van der Waals surface area contributed by atoms with Crippen LogP contribution in [0.3, 0.4) is 0 Å². The highest BCUT2D eigenvalue weighted by Crippen LogP contribution is 2.20. The van der Waals surface area contributed by atoms with Crippen molar-refractivity contribution in [2.24, 2.45) is 0 Å². The normalized spacial score (nSPS) is 10.6. The minimum absolute atomic E-state index is 0.0912. The van der Waals surface area contributed by atoms with E-state index in [0.717, 1.165) is 12.1 Å². The van der Waals surface area contributed by atoms with Gasteiger partial charge in [0.25, 0.3) is 0 Å². The molecule has 0 amide bonds. The molecule has 0 heterocycles. The highest BCUT2D eigenvalue weighted by molar-refractivity contribution is 6.30. The lowest BCUT2D eigenvalue weighted by molar-refractivity contribution is 0.490. The average molecular weight is 290 g/mol. The summed E-state index contributed by atoms with van der Waals surface area (Å²) in [5, 5.41) is 2.81. The van der Waals surface area contributed by atoms with Gasteiger partial charge in [0, 0.05) is 23.2 Å². The summed E-state index contributed by atoms with van der Waals surface area (Å²) in [5.74, 6) is -3.94. The molecule has 0 bridgehead atoms. The van der Waals surface area contributed by atoms with Crippen molar-refractivity contribution in [2.75, 3.05) is 5.32 Å². The monoisotopic (exact) mass is 289 g/mol. The van der Waals surface area contributed by atoms with Gasteiger partial charge in [-0.15, -0.1) is 0 Å². The quantitative estimate of drug-likeness (QED) is 0.647. The summed E-state index contributed by atoms with van der Waals surface area (Å²) in [5.41, 5.74) is -0.0122. The predicted octanol–water partition coefficient (Wildman–Crippen LogP) is 4.51. The van der Waals surface area contributed by atoms with Crippen LogP contribution in [0.5, 0.6) is 0 Å². The van der Waals surface area contributed by atoms with Gasteiger partial charge in [0.1, 0.15) is 11.6 Å². The Hall–Kier alpha value is -1.75.